The van der Waals surface area contributed by atoms with Crippen LogP contribution < -0.4 is 10.2 Å². The summed E-state index contributed by atoms with van der Waals surface area (Å²) < 4.78 is 1.64. The highest BCUT2D eigenvalue weighted by Gasteiger charge is 2.32. The Morgan fingerprint density at radius 1 is 1.14 bits per heavy atom. The van der Waals surface area contributed by atoms with E-state index in [0.717, 1.165) is 39.1 Å². The average molecular weight is 396 g/mol. The number of para-hydroxylation sites is 2. The van der Waals surface area contributed by atoms with E-state index in [2.05, 4.69) is 27.3 Å². The molecule has 1 N–H and O–H groups in total. The standard InChI is InChI=1S/C21H28N6O2/c1-3-26-20-18(15-22-26)27(17-8-5-4-7-16(17)23-21(20)29)19(28)9-6-10-25-13-11-24(2)12-14-25/h4-5,7-8,15H,3,6,9-14H2,1-2H3,(H,23,29). The fourth-order valence-electron chi connectivity index (χ4n) is 4.00. The molecule has 1 saturated heterocycles. The molecule has 2 aliphatic heterocycles. The van der Waals surface area contributed by atoms with E-state index in [9.17, 15) is 9.59 Å². The van der Waals surface area contributed by atoms with Crippen molar-refractivity contribution < 1.29 is 9.59 Å². The van der Waals surface area contributed by atoms with E-state index < -0.39 is 0 Å². The van der Waals surface area contributed by atoms with Crippen LogP contribution >= 0.6 is 0 Å². The molecule has 0 bridgehead atoms. The Kier molecular flexibility index (Phi) is 5.64. The van der Waals surface area contributed by atoms with Gasteiger partial charge in [0, 0.05) is 39.1 Å². The van der Waals surface area contributed by atoms with Crippen LogP contribution in [0.15, 0.2) is 30.5 Å². The summed E-state index contributed by atoms with van der Waals surface area (Å²) in [6.07, 6.45) is 2.84. The molecule has 29 heavy (non-hydrogen) atoms. The summed E-state index contributed by atoms with van der Waals surface area (Å²) in [6, 6.07) is 7.43. The van der Waals surface area contributed by atoms with E-state index in [1.54, 1.807) is 15.8 Å². The summed E-state index contributed by atoms with van der Waals surface area (Å²) in [7, 11) is 2.14. The first-order chi connectivity index (χ1) is 14.1. The van der Waals surface area contributed by atoms with Crippen LogP contribution in [0.5, 0.6) is 0 Å². The van der Waals surface area contributed by atoms with Crippen LogP contribution in [0.25, 0.3) is 0 Å². The second-order valence-corrected chi connectivity index (χ2v) is 7.64. The van der Waals surface area contributed by atoms with Gasteiger partial charge in [-0.25, -0.2) is 0 Å². The molecule has 8 nitrogen and oxygen atoms in total. The van der Waals surface area contributed by atoms with E-state index >= 15 is 0 Å². The van der Waals surface area contributed by atoms with Crippen molar-refractivity contribution >= 4 is 28.9 Å². The molecule has 0 radical (unpaired) electrons. The van der Waals surface area contributed by atoms with Crippen molar-refractivity contribution in [1.82, 2.24) is 19.6 Å². The number of piperazine rings is 1. The van der Waals surface area contributed by atoms with Crippen molar-refractivity contribution in [2.24, 2.45) is 0 Å². The summed E-state index contributed by atoms with van der Waals surface area (Å²) >= 11 is 0. The summed E-state index contributed by atoms with van der Waals surface area (Å²) in [5, 5.41) is 7.25. The SMILES string of the molecule is CCn1ncc2c1C(=O)Nc1ccccc1N2C(=O)CCCN1CCN(C)CC1. The van der Waals surface area contributed by atoms with Gasteiger partial charge in [0.15, 0.2) is 5.69 Å². The maximum Gasteiger partial charge on any atom is 0.276 e. The lowest BCUT2D eigenvalue weighted by Crippen LogP contribution is -2.44. The largest absolute Gasteiger partial charge is 0.319 e. The third kappa shape index (κ3) is 3.90. The van der Waals surface area contributed by atoms with Crippen molar-refractivity contribution in [3.8, 4) is 0 Å². The van der Waals surface area contributed by atoms with Crippen LogP contribution in [0.3, 0.4) is 0 Å². The van der Waals surface area contributed by atoms with E-state index in [-0.39, 0.29) is 11.8 Å². The molecule has 2 aromatic rings. The van der Waals surface area contributed by atoms with Crippen LogP contribution in [0, 0.1) is 0 Å². The monoisotopic (exact) mass is 396 g/mol. The van der Waals surface area contributed by atoms with E-state index in [0.29, 0.717) is 35.7 Å². The Labute approximate surface area is 171 Å². The molecule has 154 valence electrons. The highest BCUT2D eigenvalue weighted by Crippen LogP contribution is 2.38. The minimum atomic E-state index is -0.237. The third-order valence-corrected chi connectivity index (χ3v) is 5.68. The van der Waals surface area contributed by atoms with Gasteiger partial charge < -0.3 is 15.1 Å². The zero-order valence-electron chi connectivity index (χ0n) is 17.1. The van der Waals surface area contributed by atoms with Crippen molar-refractivity contribution in [3.63, 3.8) is 0 Å². The predicted octanol–water partition coefficient (Wildman–Crippen LogP) is 2.16. The van der Waals surface area contributed by atoms with Gasteiger partial charge in [0.05, 0.1) is 23.3 Å². The molecule has 8 heteroatoms. The van der Waals surface area contributed by atoms with Gasteiger partial charge in [-0.05, 0) is 39.1 Å². The number of hydrogen-bond donors (Lipinski definition) is 1. The number of likely N-dealkylation sites (N-methyl/N-ethyl adjacent to an activating group) is 1. The number of rotatable bonds is 5. The molecule has 4 rings (SSSR count). The van der Waals surface area contributed by atoms with Gasteiger partial charge in [0.2, 0.25) is 5.91 Å². The van der Waals surface area contributed by atoms with E-state index in [1.807, 2.05) is 31.2 Å². The summed E-state index contributed by atoms with van der Waals surface area (Å²) in [4.78, 5) is 32.5. The van der Waals surface area contributed by atoms with Crippen LogP contribution in [0.1, 0.15) is 30.3 Å². The normalized spacial score (nSPS) is 17.4. The quantitative estimate of drug-likeness (QED) is 0.838. The van der Waals surface area contributed by atoms with Crippen LogP contribution in [-0.4, -0.2) is 71.2 Å². The molecule has 1 fully saturated rings. The average Bonchev–Trinajstić information content (AvgIpc) is 3.09. The first kappa shape index (κ1) is 19.6. The van der Waals surface area contributed by atoms with Gasteiger partial charge in [-0.15, -0.1) is 0 Å². The molecule has 0 saturated carbocycles. The molecule has 2 amide bonds. The lowest BCUT2D eigenvalue weighted by molar-refractivity contribution is -0.118. The van der Waals surface area contributed by atoms with Crippen LogP contribution in [0.2, 0.25) is 0 Å². The van der Waals surface area contributed by atoms with Crippen molar-refractivity contribution in [3.05, 3.63) is 36.2 Å². The first-order valence-corrected chi connectivity index (χ1v) is 10.3. The smallest absolute Gasteiger partial charge is 0.276 e. The molecule has 1 aromatic carbocycles. The van der Waals surface area contributed by atoms with E-state index in [4.69, 9.17) is 0 Å². The number of amides is 2. The van der Waals surface area contributed by atoms with Crippen molar-refractivity contribution in [1.29, 1.82) is 0 Å². The number of fused-ring (bicyclic) bond motifs is 2. The fourth-order valence-corrected chi connectivity index (χ4v) is 4.00. The molecule has 2 aliphatic rings. The molecule has 1 aromatic heterocycles. The van der Waals surface area contributed by atoms with Gasteiger partial charge in [-0.3, -0.25) is 19.2 Å². The van der Waals surface area contributed by atoms with E-state index in [1.165, 1.54) is 0 Å². The van der Waals surface area contributed by atoms with Crippen molar-refractivity contribution in [2.45, 2.75) is 26.3 Å². The lowest BCUT2D eigenvalue weighted by atomic mass is 10.2. The second kappa shape index (κ2) is 8.34. The Bertz CT molecular complexity index is 900. The number of anilines is 3. The second-order valence-electron chi connectivity index (χ2n) is 7.64. The van der Waals surface area contributed by atoms with Gasteiger partial charge in [0.25, 0.3) is 5.91 Å². The molecule has 0 unspecified atom stereocenters. The topological polar surface area (TPSA) is 73.7 Å². The Morgan fingerprint density at radius 2 is 1.90 bits per heavy atom. The van der Waals surface area contributed by atoms with Crippen molar-refractivity contribution in [2.75, 3.05) is 50.0 Å². The zero-order valence-corrected chi connectivity index (χ0v) is 17.1. The van der Waals surface area contributed by atoms with Gasteiger partial charge >= 0.3 is 0 Å². The number of hydrogen-bond acceptors (Lipinski definition) is 5. The fraction of sp³-hybridized carbons (Fsp3) is 0.476. The molecular formula is C21H28N6O2. The molecule has 0 spiro atoms. The Morgan fingerprint density at radius 3 is 2.66 bits per heavy atom. The molecule has 3 heterocycles. The highest BCUT2D eigenvalue weighted by atomic mass is 16.2. The summed E-state index contributed by atoms with van der Waals surface area (Å²) in [5.41, 5.74) is 2.32. The zero-order chi connectivity index (χ0) is 20.4. The number of nitrogens with one attached hydrogen (secondary N) is 1. The minimum absolute atomic E-state index is 0.0139. The molecular weight excluding hydrogens is 368 g/mol. The Balaban J connectivity index is 1.55. The first-order valence-electron chi connectivity index (χ1n) is 10.3. The maximum atomic E-state index is 13.3. The minimum Gasteiger partial charge on any atom is -0.319 e. The Hall–Kier alpha value is -2.71. The van der Waals surface area contributed by atoms with Gasteiger partial charge in [-0.1, -0.05) is 12.1 Å². The highest BCUT2D eigenvalue weighted by molar-refractivity contribution is 6.16. The predicted molar refractivity (Wildman–Crippen MR) is 113 cm³/mol. The summed E-state index contributed by atoms with van der Waals surface area (Å²) in [6.45, 7) is 7.63. The number of benzene rings is 1. The number of carbonyl (C=O) groups is 2. The molecule has 0 atom stereocenters. The number of aryl methyl sites for hydroxylation is 1. The van der Waals surface area contributed by atoms with Crippen LogP contribution in [0.4, 0.5) is 17.1 Å². The lowest BCUT2D eigenvalue weighted by Gasteiger charge is -2.32. The van der Waals surface area contributed by atoms with Crippen LogP contribution in [-0.2, 0) is 11.3 Å². The number of carbonyl (C=O) groups excluding carboxylic acids is 2. The number of nitrogens with zero attached hydrogens (tertiary/aromatic N) is 5. The summed E-state index contributed by atoms with van der Waals surface area (Å²) in [5.74, 6) is -0.250. The molecule has 0 aliphatic carbocycles. The van der Waals surface area contributed by atoms with Gasteiger partial charge in [0.1, 0.15) is 0 Å². The maximum absolute atomic E-state index is 13.3. The number of aromatic nitrogens is 2. The van der Waals surface area contributed by atoms with Gasteiger partial charge in [-0.2, -0.15) is 5.10 Å². The third-order valence-electron chi connectivity index (χ3n) is 5.68.